The molecule has 6 heteroatoms. The van der Waals surface area contributed by atoms with Crippen LogP contribution in [0, 0.1) is 6.92 Å². The van der Waals surface area contributed by atoms with Gasteiger partial charge < -0.3 is 5.11 Å². The van der Waals surface area contributed by atoms with Crippen molar-refractivity contribution in [3.63, 3.8) is 0 Å². The van der Waals surface area contributed by atoms with E-state index in [1.807, 2.05) is 6.92 Å². The van der Waals surface area contributed by atoms with Gasteiger partial charge in [0.1, 0.15) is 10.3 Å². The van der Waals surface area contributed by atoms with Gasteiger partial charge in [0.25, 0.3) is 0 Å². The standard InChI is InChI=1S/C9H14N2O2S2/c1-3-4-5-7(8(12)13)15-9-11-10-6(2)14-9/h7H,3-5H2,1-2H3,(H,12,13). The Morgan fingerprint density at radius 2 is 2.33 bits per heavy atom. The van der Waals surface area contributed by atoms with Crippen LogP contribution in [0.15, 0.2) is 4.34 Å². The molecule has 4 nitrogen and oxygen atoms in total. The van der Waals surface area contributed by atoms with Crippen molar-refractivity contribution < 1.29 is 9.90 Å². The van der Waals surface area contributed by atoms with E-state index in [-0.39, 0.29) is 0 Å². The first-order chi connectivity index (χ1) is 7.13. The van der Waals surface area contributed by atoms with Crippen LogP contribution in [0.5, 0.6) is 0 Å². The third kappa shape index (κ3) is 4.17. The van der Waals surface area contributed by atoms with Crippen molar-refractivity contribution in [2.24, 2.45) is 0 Å². The summed E-state index contributed by atoms with van der Waals surface area (Å²) in [4.78, 5) is 11.0. The normalized spacial score (nSPS) is 12.7. The summed E-state index contributed by atoms with van der Waals surface area (Å²) >= 11 is 2.75. The topological polar surface area (TPSA) is 63.1 Å². The number of thioether (sulfide) groups is 1. The highest BCUT2D eigenvalue weighted by molar-refractivity contribution is 8.02. The molecule has 0 bridgehead atoms. The second-order valence-electron chi connectivity index (χ2n) is 3.17. The Morgan fingerprint density at radius 3 is 2.80 bits per heavy atom. The van der Waals surface area contributed by atoms with Crippen molar-refractivity contribution in [3.8, 4) is 0 Å². The summed E-state index contributed by atoms with van der Waals surface area (Å²) in [6.45, 7) is 3.92. The van der Waals surface area contributed by atoms with Gasteiger partial charge in [-0.05, 0) is 13.3 Å². The van der Waals surface area contributed by atoms with Crippen molar-refractivity contribution >= 4 is 29.1 Å². The van der Waals surface area contributed by atoms with Gasteiger partial charge >= 0.3 is 5.97 Å². The van der Waals surface area contributed by atoms with Crippen LogP contribution in [0.1, 0.15) is 31.2 Å². The summed E-state index contributed by atoms with van der Waals surface area (Å²) in [5.41, 5.74) is 0. The van der Waals surface area contributed by atoms with Crippen LogP contribution < -0.4 is 0 Å². The van der Waals surface area contributed by atoms with E-state index in [9.17, 15) is 4.79 Å². The summed E-state index contributed by atoms with van der Waals surface area (Å²) < 4.78 is 0.746. The zero-order valence-corrected chi connectivity index (χ0v) is 10.4. The van der Waals surface area contributed by atoms with E-state index in [2.05, 4.69) is 17.1 Å². The Balaban J connectivity index is 2.54. The second-order valence-corrected chi connectivity index (χ2v) is 5.81. The number of rotatable bonds is 6. The number of aliphatic carboxylic acids is 1. The molecular formula is C9H14N2O2S2. The lowest BCUT2D eigenvalue weighted by molar-refractivity contribution is -0.136. The smallest absolute Gasteiger partial charge is 0.317 e. The molecule has 0 spiro atoms. The molecule has 1 aromatic heterocycles. The summed E-state index contributed by atoms with van der Waals surface area (Å²) in [7, 11) is 0. The average Bonchev–Trinajstić information content (AvgIpc) is 2.58. The first kappa shape index (κ1) is 12.4. The van der Waals surface area contributed by atoms with Crippen molar-refractivity contribution in [1.29, 1.82) is 0 Å². The van der Waals surface area contributed by atoms with Crippen molar-refractivity contribution in [2.75, 3.05) is 0 Å². The quantitative estimate of drug-likeness (QED) is 0.782. The summed E-state index contributed by atoms with van der Waals surface area (Å²) in [6, 6.07) is 0. The van der Waals surface area contributed by atoms with Gasteiger partial charge in [0.2, 0.25) is 0 Å². The first-order valence-electron chi connectivity index (χ1n) is 4.83. The molecular weight excluding hydrogens is 232 g/mol. The van der Waals surface area contributed by atoms with Gasteiger partial charge in [-0.25, -0.2) is 0 Å². The second kappa shape index (κ2) is 6.07. The molecule has 1 aromatic rings. The third-order valence-corrected chi connectivity index (χ3v) is 4.02. The van der Waals surface area contributed by atoms with E-state index in [0.29, 0.717) is 6.42 Å². The van der Waals surface area contributed by atoms with Crippen LogP contribution in [0.2, 0.25) is 0 Å². The van der Waals surface area contributed by atoms with Gasteiger partial charge in [0.15, 0.2) is 4.34 Å². The fourth-order valence-electron chi connectivity index (χ4n) is 1.07. The number of carbonyl (C=O) groups is 1. The van der Waals surface area contributed by atoms with E-state index in [1.54, 1.807) is 0 Å². The molecule has 0 radical (unpaired) electrons. The van der Waals surface area contributed by atoms with Gasteiger partial charge in [-0.2, -0.15) is 0 Å². The van der Waals surface area contributed by atoms with Crippen molar-refractivity contribution in [1.82, 2.24) is 10.2 Å². The van der Waals surface area contributed by atoms with Gasteiger partial charge in [0, 0.05) is 0 Å². The maximum Gasteiger partial charge on any atom is 0.317 e. The van der Waals surface area contributed by atoms with Crippen LogP contribution in [0.3, 0.4) is 0 Å². The lowest BCUT2D eigenvalue weighted by Gasteiger charge is -2.08. The van der Waals surface area contributed by atoms with E-state index >= 15 is 0 Å². The lowest BCUT2D eigenvalue weighted by atomic mass is 10.2. The molecule has 1 unspecified atom stereocenters. The highest BCUT2D eigenvalue weighted by Gasteiger charge is 2.20. The molecule has 1 heterocycles. The predicted octanol–water partition coefficient (Wildman–Crippen LogP) is 2.58. The highest BCUT2D eigenvalue weighted by atomic mass is 32.2. The van der Waals surface area contributed by atoms with Crippen molar-refractivity contribution in [3.05, 3.63) is 5.01 Å². The van der Waals surface area contributed by atoms with E-state index < -0.39 is 11.2 Å². The number of hydrogen-bond donors (Lipinski definition) is 1. The summed E-state index contributed by atoms with van der Waals surface area (Å²) in [6.07, 6.45) is 2.64. The zero-order chi connectivity index (χ0) is 11.3. The van der Waals surface area contributed by atoms with Gasteiger partial charge in [-0.15, -0.1) is 10.2 Å². The highest BCUT2D eigenvalue weighted by Crippen LogP contribution is 2.29. The number of hydrogen-bond acceptors (Lipinski definition) is 5. The summed E-state index contributed by atoms with van der Waals surface area (Å²) in [5, 5.41) is 17.3. The number of carboxylic acids is 1. The molecule has 1 atom stereocenters. The van der Waals surface area contributed by atoms with Crippen LogP contribution >= 0.6 is 23.1 Å². The van der Waals surface area contributed by atoms with E-state index in [0.717, 1.165) is 22.2 Å². The minimum atomic E-state index is -0.763. The minimum absolute atomic E-state index is 0.391. The van der Waals surface area contributed by atoms with Crippen molar-refractivity contribution in [2.45, 2.75) is 42.7 Å². The molecule has 0 aliphatic carbocycles. The predicted molar refractivity (Wildman–Crippen MR) is 61.5 cm³/mol. The Morgan fingerprint density at radius 1 is 1.60 bits per heavy atom. The Labute approximate surface area is 97.1 Å². The average molecular weight is 246 g/mol. The number of aromatic nitrogens is 2. The SMILES string of the molecule is CCCCC(Sc1nnc(C)s1)C(=O)O. The fraction of sp³-hybridized carbons (Fsp3) is 0.667. The summed E-state index contributed by atoms with van der Waals surface area (Å²) in [5.74, 6) is -0.763. The van der Waals surface area contributed by atoms with E-state index in [4.69, 9.17) is 5.11 Å². The Hall–Kier alpha value is -0.620. The molecule has 1 rings (SSSR count). The number of carboxylic acid groups (broad SMARTS) is 1. The molecule has 15 heavy (non-hydrogen) atoms. The minimum Gasteiger partial charge on any atom is -0.480 e. The van der Waals surface area contributed by atoms with Crippen LogP contribution in [0.25, 0.3) is 0 Å². The largest absolute Gasteiger partial charge is 0.480 e. The number of unbranched alkanes of at least 4 members (excludes halogenated alkanes) is 1. The molecule has 0 aliphatic rings. The van der Waals surface area contributed by atoms with Gasteiger partial charge in [0.05, 0.1) is 0 Å². The fourth-order valence-corrected chi connectivity index (χ4v) is 3.11. The van der Waals surface area contributed by atoms with Crippen LogP contribution in [-0.4, -0.2) is 26.5 Å². The van der Waals surface area contributed by atoms with Gasteiger partial charge in [-0.1, -0.05) is 42.9 Å². The molecule has 0 aromatic carbocycles. The van der Waals surface area contributed by atoms with Crippen LogP contribution in [0.4, 0.5) is 0 Å². The molecule has 0 saturated heterocycles. The number of nitrogens with zero attached hydrogens (tertiary/aromatic N) is 2. The molecule has 0 aliphatic heterocycles. The lowest BCUT2D eigenvalue weighted by Crippen LogP contribution is -2.15. The maximum absolute atomic E-state index is 11.0. The zero-order valence-electron chi connectivity index (χ0n) is 8.77. The Bertz CT molecular complexity index is 328. The van der Waals surface area contributed by atoms with Crippen LogP contribution in [-0.2, 0) is 4.79 Å². The monoisotopic (exact) mass is 246 g/mol. The first-order valence-corrected chi connectivity index (χ1v) is 6.52. The molecule has 0 amide bonds. The Kier molecular flexibility index (Phi) is 5.04. The molecule has 1 N–H and O–H groups in total. The molecule has 0 fully saturated rings. The van der Waals surface area contributed by atoms with E-state index in [1.165, 1.54) is 23.1 Å². The molecule has 84 valence electrons. The molecule has 0 saturated carbocycles. The van der Waals surface area contributed by atoms with Gasteiger partial charge in [-0.3, -0.25) is 4.79 Å². The third-order valence-electron chi connectivity index (χ3n) is 1.85. The maximum atomic E-state index is 11.0. The number of aryl methyl sites for hydroxylation is 1.